The average Bonchev–Trinajstić information content (AvgIpc) is 2.52. The minimum atomic E-state index is -1.10. The molecule has 0 saturated carbocycles. The van der Waals surface area contributed by atoms with Gasteiger partial charge < -0.3 is 19.5 Å². The quantitative estimate of drug-likeness (QED) is 0.914. The van der Waals surface area contributed by atoms with Crippen LogP contribution in [0.25, 0.3) is 0 Å². The van der Waals surface area contributed by atoms with Crippen molar-refractivity contribution in [2.24, 2.45) is 0 Å². The fourth-order valence-corrected chi connectivity index (χ4v) is 2.22. The van der Waals surface area contributed by atoms with Gasteiger partial charge in [0.15, 0.2) is 0 Å². The van der Waals surface area contributed by atoms with Gasteiger partial charge in [-0.1, -0.05) is 19.1 Å². The van der Waals surface area contributed by atoms with Gasteiger partial charge in [0.05, 0.1) is 12.2 Å². The highest BCUT2D eigenvalue weighted by Gasteiger charge is 2.41. The molecule has 2 atom stereocenters. The Hall–Kier alpha value is -2.08. The normalized spacial score (nSPS) is 20.1. The monoisotopic (exact) mass is 293 g/mol. The summed E-state index contributed by atoms with van der Waals surface area (Å²) >= 11 is 0. The third-order valence-electron chi connectivity index (χ3n) is 3.87. The number of carboxylic acids is 1. The minimum absolute atomic E-state index is 0.0376. The Bertz CT molecular complexity index is 553. The Kier molecular flexibility index (Phi) is 4.18. The molecule has 0 saturated heterocycles. The number of fused-ring (bicyclic) bond motifs is 1. The summed E-state index contributed by atoms with van der Waals surface area (Å²) < 4.78 is 10.8. The molecule has 6 heteroatoms. The van der Waals surface area contributed by atoms with Gasteiger partial charge in [-0.05, 0) is 25.5 Å². The number of anilines is 1. The molecule has 6 nitrogen and oxygen atoms in total. The lowest BCUT2D eigenvalue weighted by Crippen LogP contribution is -2.54. The number of amides is 1. The summed E-state index contributed by atoms with van der Waals surface area (Å²) in [6, 6.07) is 6.90. The topological polar surface area (TPSA) is 76.1 Å². The van der Waals surface area contributed by atoms with Crippen molar-refractivity contribution in [3.8, 4) is 5.75 Å². The smallest absolute Gasteiger partial charge is 0.346 e. The SMILES string of the molecule is CCC(C)(OC)C(=O)N1CC(C(=O)O)Oc2ccccc21. The summed E-state index contributed by atoms with van der Waals surface area (Å²) in [6.45, 7) is 3.51. The van der Waals surface area contributed by atoms with Gasteiger partial charge in [0.25, 0.3) is 5.91 Å². The van der Waals surface area contributed by atoms with Crippen molar-refractivity contribution in [2.45, 2.75) is 32.0 Å². The van der Waals surface area contributed by atoms with E-state index in [-0.39, 0.29) is 12.5 Å². The number of methoxy groups -OCH3 is 1. The number of carbonyl (C=O) groups excluding carboxylic acids is 1. The van der Waals surface area contributed by atoms with Crippen LogP contribution in [0.2, 0.25) is 0 Å². The number of aliphatic carboxylic acids is 1. The van der Waals surface area contributed by atoms with Crippen LogP contribution in [0.5, 0.6) is 5.75 Å². The number of carbonyl (C=O) groups is 2. The number of ether oxygens (including phenoxy) is 2. The van der Waals surface area contributed by atoms with Gasteiger partial charge >= 0.3 is 5.97 Å². The molecule has 0 fully saturated rings. The molecule has 0 aliphatic carbocycles. The Balaban J connectivity index is 2.42. The first-order valence-corrected chi connectivity index (χ1v) is 6.78. The summed E-state index contributed by atoms with van der Waals surface area (Å²) in [5.41, 5.74) is -0.426. The van der Waals surface area contributed by atoms with Crippen LogP contribution in [0.1, 0.15) is 20.3 Å². The van der Waals surface area contributed by atoms with Crippen molar-refractivity contribution in [3.05, 3.63) is 24.3 Å². The van der Waals surface area contributed by atoms with Gasteiger partial charge in [0.2, 0.25) is 6.10 Å². The van der Waals surface area contributed by atoms with Crippen molar-refractivity contribution < 1.29 is 24.2 Å². The lowest BCUT2D eigenvalue weighted by atomic mass is 10.00. The molecule has 1 N–H and O–H groups in total. The van der Waals surface area contributed by atoms with Crippen LogP contribution in [0.4, 0.5) is 5.69 Å². The van der Waals surface area contributed by atoms with E-state index in [4.69, 9.17) is 9.47 Å². The van der Waals surface area contributed by atoms with Crippen molar-refractivity contribution in [1.29, 1.82) is 0 Å². The van der Waals surface area contributed by atoms with Crippen LogP contribution in [0.15, 0.2) is 24.3 Å². The van der Waals surface area contributed by atoms with E-state index < -0.39 is 17.7 Å². The zero-order valence-electron chi connectivity index (χ0n) is 12.3. The minimum Gasteiger partial charge on any atom is -0.478 e. The van der Waals surface area contributed by atoms with Gasteiger partial charge in [-0.25, -0.2) is 4.79 Å². The van der Waals surface area contributed by atoms with Gasteiger partial charge in [-0.15, -0.1) is 0 Å². The van der Waals surface area contributed by atoms with Crippen LogP contribution in [0, 0.1) is 0 Å². The number of hydrogen-bond donors (Lipinski definition) is 1. The first-order valence-electron chi connectivity index (χ1n) is 6.78. The standard InChI is InChI=1S/C15H19NO5/c1-4-15(2,20-3)14(19)16-9-12(13(17)18)21-11-8-6-5-7-10(11)16/h5-8,12H,4,9H2,1-3H3,(H,17,18). The molecule has 1 aliphatic heterocycles. The Labute approximate surface area is 123 Å². The lowest BCUT2D eigenvalue weighted by molar-refractivity contribution is -0.146. The number of hydrogen-bond acceptors (Lipinski definition) is 4. The zero-order valence-corrected chi connectivity index (χ0v) is 12.3. The highest BCUT2D eigenvalue weighted by molar-refractivity contribution is 6.01. The maximum atomic E-state index is 12.8. The number of para-hydroxylation sites is 2. The third-order valence-corrected chi connectivity index (χ3v) is 3.87. The number of nitrogens with zero attached hydrogens (tertiary/aromatic N) is 1. The molecule has 1 amide bonds. The third kappa shape index (κ3) is 2.71. The Morgan fingerprint density at radius 3 is 2.71 bits per heavy atom. The van der Waals surface area contributed by atoms with Gasteiger partial charge in [0, 0.05) is 7.11 Å². The number of carboxylic acid groups (broad SMARTS) is 1. The van der Waals surface area contributed by atoms with Crippen molar-refractivity contribution in [1.82, 2.24) is 0 Å². The van der Waals surface area contributed by atoms with Crippen molar-refractivity contribution in [3.63, 3.8) is 0 Å². The van der Waals surface area contributed by atoms with Crippen molar-refractivity contribution >= 4 is 17.6 Å². The molecule has 1 aromatic carbocycles. The van der Waals surface area contributed by atoms with E-state index in [9.17, 15) is 14.7 Å². The largest absolute Gasteiger partial charge is 0.478 e. The van der Waals surface area contributed by atoms with E-state index >= 15 is 0 Å². The molecule has 2 rings (SSSR count). The molecular weight excluding hydrogens is 274 g/mol. The van der Waals surface area contributed by atoms with Crippen LogP contribution in [-0.4, -0.2) is 42.3 Å². The average molecular weight is 293 g/mol. The van der Waals surface area contributed by atoms with E-state index in [0.717, 1.165) is 0 Å². The van der Waals surface area contributed by atoms with E-state index in [0.29, 0.717) is 17.9 Å². The second kappa shape index (κ2) is 5.73. The molecule has 0 aromatic heterocycles. The summed E-state index contributed by atoms with van der Waals surface area (Å²) in [7, 11) is 1.47. The Morgan fingerprint density at radius 1 is 1.48 bits per heavy atom. The second-order valence-electron chi connectivity index (χ2n) is 5.12. The molecule has 0 radical (unpaired) electrons. The van der Waals surface area contributed by atoms with Gasteiger partial charge in [-0.3, -0.25) is 4.79 Å². The molecule has 0 bridgehead atoms. The molecule has 1 heterocycles. The van der Waals surface area contributed by atoms with Crippen LogP contribution in [0.3, 0.4) is 0 Å². The molecular formula is C15H19NO5. The van der Waals surface area contributed by atoms with Crippen LogP contribution < -0.4 is 9.64 Å². The van der Waals surface area contributed by atoms with E-state index in [1.54, 1.807) is 31.2 Å². The highest BCUT2D eigenvalue weighted by atomic mass is 16.5. The molecule has 1 aliphatic rings. The number of rotatable bonds is 4. The molecule has 0 spiro atoms. The van der Waals surface area contributed by atoms with Crippen LogP contribution >= 0.6 is 0 Å². The predicted molar refractivity (Wildman–Crippen MR) is 76.6 cm³/mol. The lowest BCUT2D eigenvalue weighted by Gasteiger charge is -2.37. The van der Waals surface area contributed by atoms with Crippen LogP contribution in [-0.2, 0) is 14.3 Å². The first kappa shape index (κ1) is 15.3. The summed E-state index contributed by atoms with van der Waals surface area (Å²) in [4.78, 5) is 25.4. The number of benzene rings is 1. The fraction of sp³-hybridized carbons (Fsp3) is 0.467. The summed E-state index contributed by atoms with van der Waals surface area (Å²) in [6.07, 6.45) is -0.596. The van der Waals surface area contributed by atoms with Gasteiger partial charge in [-0.2, -0.15) is 0 Å². The molecule has 2 unspecified atom stereocenters. The maximum absolute atomic E-state index is 12.8. The Morgan fingerprint density at radius 2 is 2.14 bits per heavy atom. The zero-order chi connectivity index (χ0) is 15.6. The maximum Gasteiger partial charge on any atom is 0.346 e. The summed E-state index contributed by atoms with van der Waals surface area (Å²) in [5.74, 6) is -0.980. The summed E-state index contributed by atoms with van der Waals surface area (Å²) in [5, 5.41) is 9.19. The molecule has 21 heavy (non-hydrogen) atoms. The molecule has 1 aromatic rings. The fourth-order valence-electron chi connectivity index (χ4n) is 2.22. The molecule has 114 valence electrons. The van der Waals surface area contributed by atoms with E-state index in [1.165, 1.54) is 12.0 Å². The second-order valence-corrected chi connectivity index (χ2v) is 5.12. The van der Waals surface area contributed by atoms with E-state index in [2.05, 4.69) is 0 Å². The van der Waals surface area contributed by atoms with E-state index in [1.807, 2.05) is 6.92 Å². The van der Waals surface area contributed by atoms with Crippen molar-refractivity contribution in [2.75, 3.05) is 18.6 Å². The van der Waals surface area contributed by atoms with Gasteiger partial charge in [0.1, 0.15) is 11.4 Å². The highest BCUT2D eigenvalue weighted by Crippen LogP contribution is 2.35. The predicted octanol–water partition coefficient (Wildman–Crippen LogP) is 1.68. The first-order chi connectivity index (χ1) is 9.92.